The zero-order chi connectivity index (χ0) is 15.1. The third-order valence-electron chi connectivity index (χ3n) is 3.46. The predicted octanol–water partition coefficient (Wildman–Crippen LogP) is 2.53. The van der Waals surface area contributed by atoms with Gasteiger partial charge in [-0.25, -0.2) is 4.79 Å². The molecule has 0 aromatic heterocycles. The number of non-ortho nitro benzene ring substituents is 1. The van der Waals surface area contributed by atoms with Crippen molar-refractivity contribution in [2.75, 3.05) is 25.0 Å². The number of piperidine rings is 1. The van der Waals surface area contributed by atoms with Gasteiger partial charge in [-0.2, -0.15) is 0 Å². The summed E-state index contributed by atoms with van der Waals surface area (Å²) in [4.78, 5) is 21.8. The van der Waals surface area contributed by atoms with E-state index < -0.39 is 11.0 Å². The third-order valence-corrected chi connectivity index (χ3v) is 3.46. The molecule has 1 aromatic rings. The van der Waals surface area contributed by atoms with Crippen LogP contribution in [0.25, 0.3) is 0 Å². The average Bonchev–Trinajstić information content (AvgIpc) is 2.48. The fourth-order valence-electron chi connectivity index (χ4n) is 2.34. The van der Waals surface area contributed by atoms with E-state index >= 15 is 0 Å². The Kier molecular flexibility index (Phi) is 5.51. The third kappa shape index (κ3) is 5.03. The molecule has 2 N–H and O–H groups in total. The molecule has 1 fully saturated rings. The molecule has 0 radical (unpaired) electrons. The van der Waals surface area contributed by atoms with Crippen LogP contribution in [0.5, 0.6) is 0 Å². The molecule has 1 amide bonds. The molecular formula is C14H19N3O4. The lowest BCUT2D eigenvalue weighted by Crippen LogP contribution is -2.30. The molecule has 21 heavy (non-hydrogen) atoms. The Balaban J connectivity index is 1.73. The van der Waals surface area contributed by atoms with Gasteiger partial charge in [-0.15, -0.1) is 0 Å². The molecule has 1 heterocycles. The summed E-state index contributed by atoms with van der Waals surface area (Å²) in [6.45, 7) is 2.38. The molecule has 1 unspecified atom stereocenters. The first-order valence-electron chi connectivity index (χ1n) is 7.04. The van der Waals surface area contributed by atoms with Crippen LogP contribution < -0.4 is 10.6 Å². The number of amides is 1. The van der Waals surface area contributed by atoms with E-state index in [1.54, 1.807) is 6.07 Å². The minimum Gasteiger partial charge on any atom is -0.449 e. The lowest BCUT2D eigenvalue weighted by atomic mass is 9.97. The number of rotatable bonds is 5. The molecule has 1 aliphatic rings. The zero-order valence-corrected chi connectivity index (χ0v) is 11.7. The maximum absolute atomic E-state index is 11.6. The molecule has 7 heteroatoms. The number of hydrogen-bond acceptors (Lipinski definition) is 5. The molecule has 0 saturated carbocycles. The first kappa shape index (κ1) is 15.2. The molecule has 1 atom stereocenters. The molecule has 0 spiro atoms. The summed E-state index contributed by atoms with van der Waals surface area (Å²) in [6.07, 6.45) is 2.56. The van der Waals surface area contributed by atoms with E-state index in [1.807, 2.05) is 0 Å². The van der Waals surface area contributed by atoms with Gasteiger partial charge >= 0.3 is 6.09 Å². The van der Waals surface area contributed by atoms with E-state index in [0.29, 0.717) is 18.2 Å². The highest BCUT2D eigenvalue weighted by molar-refractivity contribution is 5.85. The van der Waals surface area contributed by atoms with E-state index in [-0.39, 0.29) is 5.69 Å². The van der Waals surface area contributed by atoms with Crippen molar-refractivity contribution in [3.8, 4) is 0 Å². The van der Waals surface area contributed by atoms with E-state index in [9.17, 15) is 14.9 Å². The largest absolute Gasteiger partial charge is 0.449 e. The Morgan fingerprint density at radius 3 is 3.10 bits per heavy atom. The van der Waals surface area contributed by atoms with Crippen LogP contribution in [0.2, 0.25) is 0 Å². The van der Waals surface area contributed by atoms with Gasteiger partial charge in [-0.05, 0) is 44.3 Å². The Morgan fingerprint density at radius 1 is 1.52 bits per heavy atom. The van der Waals surface area contributed by atoms with E-state index in [2.05, 4.69) is 10.6 Å². The van der Waals surface area contributed by atoms with Crippen LogP contribution in [-0.2, 0) is 4.74 Å². The van der Waals surface area contributed by atoms with Crippen LogP contribution in [0.3, 0.4) is 0 Å². The highest BCUT2D eigenvalue weighted by Gasteiger charge is 2.14. The molecule has 1 aliphatic heterocycles. The van der Waals surface area contributed by atoms with Gasteiger partial charge in [0.1, 0.15) is 0 Å². The fraction of sp³-hybridized carbons (Fsp3) is 0.500. The van der Waals surface area contributed by atoms with Gasteiger partial charge in [-0.1, -0.05) is 6.07 Å². The van der Waals surface area contributed by atoms with Gasteiger partial charge in [0.15, 0.2) is 0 Å². The topological polar surface area (TPSA) is 93.5 Å². The maximum atomic E-state index is 11.6. The lowest BCUT2D eigenvalue weighted by Gasteiger charge is -2.22. The lowest BCUT2D eigenvalue weighted by molar-refractivity contribution is -0.384. The van der Waals surface area contributed by atoms with E-state index in [0.717, 1.165) is 32.4 Å². The second kappa shape index (κ2) is 7.58. The van der Waals surface area contributed by atoms with Crippen molar-refractivity contribution >= 4 is 17.5 Å². The zero-order valence-electron chi connectivity index (χ0n) is 11.7. The number of benzene rings is 1. The predicted molar refractivity (Wildman–Crippen MR) is 78.3 cm³/mol. The minimum atomic E-state index is -0.584. The van der Waals surface area contributed by atoms with Gasteiger partial charge < -0.3 is 10.1 Å². The summed E-state index contributed by atoms with van der Waals surface area (Å²) >= 11 is 0. The SMILES string of the molecule is O=C(Nc1cccc([N+](=O)[O-])c1)OCCC1CCCNC1. The highest BCUT2D eigenvalue weighted by Crippen LogP contribution is 2.17. The van der Waals surface area contributed by atoms with Crippen molar-refractivity contribution in [3.05, 3.63) is 34.4 Å². The standard InChI is InChI=1S/C14H19N3O4/c18-14(21-8-6-11-3-2-7-15-10-11)16-12-4-1-5-13(9-12)17(19)20/h1,4-5,9,11,15H,2-3,6-8,10H2,(H,16,18). The number of ether oxygens (including phenoxy) is 1. The van der Waals surface area contributed by atoms with E-state index in [4.69, 9.17) is 4.74 Å². The first-order chi connectivity index (χ1) is 10.1. The molecule has 1 aromatic carbocycles. The summed E-state index contributed by atoms with van der Waals surface area (Å²) in [5.74, 6) is 0.546. The quantitative estimate of drug-likeness (QED) is 0.642. The molecule has 1 saturated heterocycles. The maximum Gasteiger partial charge on any atom is 0.411 e. The van der Waals surface area contributed by atoms with E-state index in [1.165, 1.54) is 18.2 Å². The Bertz CT molecular complexity index is 501. The van der Waals surface area contributed by atoms with Gasteiger partial charge in [-0.3, -0.25) is 15.4 Å². The molecular weight excluding hydrogens is 274 g/mol. The minimum absolute atomic E-state index is 0.0684. The van der Waals surface area contributed by atoms with Crippen LogP contribution in [0.1, 0.15) is 19.3 Å². The van der Waals surface area contributed by atoms with Gasteiger partial charge in [0.25, 0.3) is 5.69 Å². The van der Waals surface area contributed by atoms with Crippen molar-refractivity contribution in [2.24, 2.45) is 5.92 Å². The summed E-state index contributed by atoms with van der Waals surface area (Å²) in [5, 5.41) is 16.4. The van der Waals surface area contributed by atoms with Crippen molar-refractivity contribution in [1.29, 1.82) is 0 Å². The number of hydrogen-bond donors (Lipinski definition) is 2. The van der Waals surface area contributed by atoms with Crippen LogP contribution in [-0.4, -0.2) is 30.7 Å². The Labute approximate surface area is 122 Å². The molecule has 0 bridgehead atoms. The summed E-state index contributed by atoms with van der Waals surface area (Å²) in [6, 6.07) is 5.76. The second-order valence-electron chi connectivity index (χ2n) is 5.07. The number of nitrogens with one attached hydrogen (secondary N) is 2. The normalized spacial score (nSPS) is 18.0. The molecule has 2 rings (SSSR count). The smallest absolute Gasteiger partial charge is 0.411 e. The summed E-state index contributed by atoms with van der Waals surface area (Å²) in [5.41, 5.74) is 0.287. The van der Waals surface area contributed by atoms with Gasteiger partial charge in [0.2, 0.25) is 0 Å². The van der Waals surface area contributed by atoms with Crippen molar-refractivity contribution in [2.45, 2.75) is 19.3 Å². The summed E-state index contributed by atoms with van der Waals surface area (Å²) in [7, 11) is 0. The molecule has 7 nitrogen and oxygen atoms in total. The van der Waals surface area contributed by atoms with Gasteiger partial charge in [0.05, 0.1) is 17.2 Å². The van der Waals surface area contributed by atoms with Crippen LogP contribution in [0.4, 0.5) is 16.2 Å². The Hall–Kier alpha value is -2.15. The van der Waals surface area contributed by atoms with Crippen molar-refractivity contribution in [3.63, 3.8) is 0 Å². The van der Waals surface area contributed by atoms with Crippen molar-refractivity contribution in [1.82, 2.24) is 5.32 Å². The molecule has 0 aliphatic carbocycles. The number of nitrogens with zero attached hydrogens (tertiary/aromatic N) is 1. The monoisotopic (exact) mass is 293 g/mol. The van der Waals surface area contributed by atoms with Crippen LogP contribution in [0.15, 0.2) is 24.3 Å². The van der Waals surface area contributed by atoms with Crippen LogP contribution >= 0.6 is 0 Å². The summed E-state index contributed by atoms with van der Waals surface area (Å²) < 4.78 is 5.10. The number of carbonyl (C=O) groups is 1. The number of anilines is 1. The second-order valence-corrected chi connectivity index (χ2v) is 5.07. The molecule has 114 valence electrons. The number of nitro benzene ring substituents is 1. The van der Waals surface area contributed by atoms with Crippen LogP contribution in [0, 0.1) is 16.0 Å². The first-order valence-corrected chi connectivity index (χ1v) is 7.04. The Morgan fingerprint density at radius 2 is 2.38 bits per heavy atom. The fourth-order valence-corrected chi connectivity index (χ4v) is 2.34. The average molecular weight is 293 g/mol. The van der Waals surface area contributed by atoms with Gasteiger partial charge in [0, 0.05) is 12.1 Å². The number of carbonyl (C=O) groups excluding carboxylic acids is 1. The number of nitro groups is 1. The highest BCUT2D eigenvalue weighted by atomic mass is 16.6. The van der Waals surface area contributed by atoms with Crippen molar-refractivity contribution < 1.29 is 14.5 Å².